The van der Waals surface area contributed by atoms with E-state index in [1.165, 1.54) is 6.42 Å². The molecule has 126 valence electrons. The first-order chi connectivity index (χ1) is 10.7. The van der Waals surface area contributed by atoms with Crippen molar-refractivity contribution < 1.29 is 9.90 Å². The van der Waals surface area contributed by atoms with E-state index in [0.29, 0.717) is 30.1 Å². The Morgan fingerprint density at radius 3 is 2.65 bits per heavy atom. The Labute approximate surface area is 138 Å². The van der Waals surface area contributed by atoms with Gasteiger partial charge in [0.05, 0.1) is 11.2 Å². The summed E-state index contributed by atoms with van der Waals surface area (Å²) in [5.41, 5.74) is 5.97. The molecule has 0 saturated heterocycles. The molecule has 0 spiro atoms. The third kappa shape index (κ3) is 2.26. The van der Waals surface area contributed by atoms with Gasteiger partial charge in [0.15, 0.2) is 0 Å². The zero-order chi connectivity index (χ0) is 16.9. The number of hydrogen-bond donors (Lipinski definition) is 3. The lowest BCUT2D eigenvalue weighted by Crippen LogP contribution is -2.55. The molecule has 0 aliphatic heterocycles. The molecular weight excluding hydrogens is 288 g/mol. The first-order valence-electron chi connectivity index (χ1n) is 8.56. The zero-order valence-electron chi connectivity index (χ0n) is 14.4. The average Bonchev–Trinajstić information content (AvgIpc) is 2.96. The van der Waals surface area contributed by atoms with Crippen molar-refractivity contribution in [2.75, 3.05) is 12.3 Å². The minimum Gasteiger partial charge on any atom is -0.398 e. The first kappa shape index (κ1) is 16.3. The van der Waals surface area contributed by atoms with E-state index >= 15 is 0 Å². The van der Waals surface area contributed by atoms with Crippen LogP contribution >= 0.6 is 0 Å². The van der Waals surface area contributed by atoms with Crippen molar-refractivity contribution in [1.29, 1.82) is 0 Å². The van der Waals surface area contributed by atoms with Crippen molar-refractivity contribution >= 4 is 11.6 Å². The molecule has 2 aliphatic carbocycles. The fourth-order valence-corrected chi connectivity index (χ4v) is 5.13. The molecule has 0 unspecified atom stereocenters. The third-order valence-corrected chi connectivity index (χ3v) is 6.80. The highest BCUT2D eigenvalue weighted by Crippen LogP contribution is 2.68. The Morgan fingerprint density at radius 1 is 1.35 bits per heavy atom. The van der Waals surface area contributed by atoms with Gasteiger partial charge in [0.1, 0.15) is 0 Å². The Morgan fingerprint density at radius 2 is 2.04 bits per heavy atom. The zero-order valence-corrected chi connectivity index (χ0v) is 14.4. The molecule has 2 fully saturated rings. The Hall–Kier alpha value is -1.55. The Balaban J connectivity index is 1.67. The molecule has 2 saturated carbocycles. The minimum absolute atomic E-state index is 0.0301. The monoisotopic (exact) mass is 316 g/mol. The van der Waals surface area contributed by atoms with Gasteiger partial charge in [0.25, 0.3) is 5.91 Å². The van der Waals surface area contributed by atoms with Crippen LogP contribution in [0.15, 0.2) is 24.3 Å². The fourth-order valence-electron chi connectivity index (χ4n) is 5.13. The number of amides is 1. The van der Waals surface area contributed by atoms with Crippen LogP contribution in [0.4, 0.5) is 5.69 Å². The number of fused-ring (bicyclic) bond motifs is 2. The summed E-state index contributed by atoms with van der Waals surface area (Å²) in [5.74, 6) is 0.413. The van der Waals surface area contributed by atoms with Gasteiger partial charge in [-0.05, 0) is 54.6 Å². The van der Waals surface area contributed by atoms with Crippen LogP contribution in [0.5, 0.6) is 0 Å². The predicted octanol–water partition coefficient (Wildman–Crippen LogP) is 2.97. The van der Waals surface area contributed by atoms with Crippen molar-refractivity contribution in [3.8, 4) is 0 Å². The summed E-state index contributed by atoms with van der Waals surface area (Å²) in [6.45, 7) is 7.03. The molecule has 3 atom stereocenters. The van der Waals surface area contributed by atoms with Gasteiger partial charge in [-0.1, -0.05) is 32.9 Å². The average molecular weight is 316 g/mol. The molecule has 4 heteroatoms. The van der Waals surface area contributed by atoms with Gasteiger partial charge in [-0.25, -0.2) is 0 Å². The lowest BCUT2D eigenvalue weighted by atomic mass is 9.59. The molecule has 0 radical (unpaired) electrons. The molecular formula is C19H28N2O2. The number of carbonyl (C=O) groups excluding carboxylic acids is 1. The standard InChI is InChI=1S/C19H28N2O2/c1-17(2)13-8-9-18(3,12-13)19(17,23)10-11-21-16(22)14-6-4-5-7-15(14)20/h4-7,13,23H,8-12,20H2,1-3H3,(H,21,22)/t13-,18+,19-/m0/s1. The fraction of sp³-hybridized carbons (Fsp3) is 0.632. The number of para-hydroxylation sites is 1. The van der Waals surface area contributed by atoms with Crippen LogP contribution in [-0.4, -0.2) is 23.2 Å². The van der Waals surface area contributed by atoms with Crippen LogP contribution in [0.3, 0.4) is 0 Å². The molecule has 4 nitrogen and oxygen atoms in total. The van der Waals surface area contributed by atoms with Crippen molar-refractivity contribution in [3.05, 3.63) is 29.8 Å². The van der Waals surface area contributed by atoms with Crippen LogP contribution < -0.4 is 11.1 Å². The molecule has 1 amide bonds. The molecule has 1 aromatic carbocycles. The lowest BCUT2D eigenvalue weighted by Gasteiger charge is -2.51. The normalized spacial score (nSPS) is 34.5. The number of nitrogens with one attached hydrogen (secondary N) is 1. The van der Waals surface area contributed by atoms with Gasteiger partial charge in [-0.3, -0.25) is 4.79 Å². The second kappa shape index (κ2) is 5.23. The van der Waals surface area contributed by atoms with E-state index in [1.807, 2.05) is 6.07 Å². The van der Waals surface area contributed by atoms with Crippen LogP contribution in [0.1, 0.15) is 56.8 Å². The number of hydrogen-bond acceptors (Lipinski definition) is 3. The second-order valence-corrected chi connectivity index (χ2v) is 8.18. The molecule has 23 heavy (non-hydrogen) atoms. The largest absolute Gasteiger partial charge is 0.398 e. The van der Waals surface area contributed by atoms with Crippen LogP contribution in [-0.2, 0) is 0 Å². The number of aliphatic hydroxyl groups is 1. The van der Waals surface area contributed by atoms with Crippen molar-refractivity contribution in [1.82, 2.24) is 5.32 Å². The molecule has 2 bridgehead atoms. The number of nitrogen functional groups attached to an aromatic ring is 1. The van der Waals surface area contributed by atoms with Gasteiger partial charge in [-0.2, -0.15) is 0 Å². The maximum Gasteiger partial charge on any atom is 0.253 e. The van der Waals surface area contributed by atoms with Crippen molar-refractivity contribution in [2.45, 2.75) is 52.1 Å². The second-order valence-electron chi connectivity index (χ2n) is 8.18. The van der Waals surface area contributed by atoms with Gasteiger partial charge in [-0.15, -0.1) is 0 Å². The highest BCUT2D eigenvalue weighted by molar-refractivity contribution is 5.99. The van der Waals surface area contributed by atoms with E-state index in [4.69, 9.17) is 5.73 Å². The summed E-state index contributed by atoms with van der Waals surface area (Å²) in [5, 5.41) is 14.4. The van der Waals surface area contributed by atoms with Gasteiger partial charge < -0.3 is 16.2 Å². The minimum atomic E-state index is -0.724. The predicted molar refractivity (Wildman–Crippen MR) is 92.0 cm³/mol. The van der Waals surface area contributed by atoms with E-state index < -0.39 is 5.60 Å². The first-order valence-corrected chi connectivity index (χ1v) is 8.56. The van der Waals surface area contributed by atoms with Crippen LogP contribution in [0, 0.1) is 16.7 Å². The van der Waals surface area contributed by atoms with Crippen molar-refractivity contribution in [2.24, 2.45) is 16.7 Å². The summed E-state index contributed by atoms with van der Waals surface area (Å²) in [4.78, 5) is 12.3. The highest BCUT2D eigenvalue weighted by atomic mass is 16.3. The molecule has 2 aliphatic rings. The number of rotatable bonds is 4. The molecule has 0 aromatic heterocycles. The lowest BCUT2D eigenvalue weighted by molar-refractivity contribution is -0.146. The molecule has 0 heterocycles. The smallest absolute Gasteiger partial charge is 0.253 e. The van der Waals surface area contributed by atoms with E-state index in [2.05, 4.69) is 26.1 Å². The highest BCUT2D eigenvalue weighted by Gasteiger charge is 2.67. The van der Waals surface area contributed by atoms with E-state index in [-0.39, 0.29) is 16.7 Å². The topological polar surface area (TPSA) is 75.3 Å². The maximum atomic E-state index is 12.3. The maximum absolute atomic E-state index is 12.3. The molecule has 1 aromatic rings. The Kier molecular flexibility index (Phi) is 3.71. The summed E-state index contributed by atoms with van der Waals surface area (Å²) in [7, 11) is 0. The van der Waals surface area contributed by atoms with Gasteiger partial charge >= 0.3 is 0 Å². The van der Waals surface area contributed by atoms with E-state index in [0.717, 1.165) is 12.8 Å². The van der Waals surface area contributed by atoms with Gasteiger partial charge in [0, 0.05) is 12.2 Å². The number of carbonyl (C=O) groups is 1. The Bertz CT molecular complexity index is 621. The quantitative estimate of drug-likeness (QED) is 0.748. The van der Waals surface area contributed by atoms with E-state index in [1.54, 1.807) is 18.2 Å². The molecule has 3 rings (SSSR count). The van der Waals surface area contributed by atoms with Crippen LogP contribution in [0.2, 0.25) is 0 Å². The number of anilines is 1. The van der Waals surface area contributed by atoms with E-state index in [9.17, 15) is 9.90 Å². The van der Waals surface area contributed by atoms with Crippen molar-refractivity contribution in [3.63, 3.8) is 0 Å². The molecule has 4 N–H and O–H groups in total. The SMILES string of the molecule is CC1(C)[C@H]2CC[C@](C)(C2)[C@]1(O)CCNC(=O)c1ccccc1N. The summed E-state index contributed by atoms with van der Waals surface area (Å²) < 4.78 is 0. The third-order valence-electron chi connectivity index (χ3n) is 6.80. The van der Waals surface area contributed by atoms with Crippen LogP contribution in [0.25, 0.3) is 0 Å². The summed E-state index contributed by atoms with van der Waals surface area (Å²) in [6.07, 6.45) is 3.97. The summed E-state index contributed by atoms with van der Waals surface area (Å²) >= 11 is 0. The van der Waals surface area contributed by atoms with Gasteiger partial charge in [0.2, 0.25) is 0 Å². The number of nitrogens with two attached hydrogens (primary N) is 1. The number of benzene rings is 1. The summed E-state index contributed by atoms with van der Waals surface area (Å²) in [6, 6.07) is 7.07.